The van der Waals surface area contributed by atoms with Gasteiger partial charge in [-0.05, 0) is 111 Å². The third-order valence-electron chi connectivity index (χ3n) is 11.4. The third-order valence-corrected chi connectivity index (χ3v) is 14.1. The molecule has 1 aliphatic rings. The second kappa shape index (κ2) is 20.3. The van der Waals surface area contributed by atoms with Crippen LogP contribution in [0.3, 0.4) is 0 Å². The summed E-state index contributed by atoms with van der Waals surface area (Å²) >= 11 is 7.70. The Labute approximate surface area is 378 Å². The summed E-state index contributed by atoms with van der Waals surface area (Å²) in [5, 5.41) is 4.28. The number of fused-ring (bicyclic) bond motifs is 1. The van der Waals surface area contributed by atoms with Gasteiger partial charge in [0, 0.05) is 89.8 Å². The molecule has 1 atom stereocenters. The zero-order valence-corrected chi connectivity index (χ0v) is 38.2. The summed E-state index contributed by atoms with van der Waals surface area (Å²) < 4.78 is 74.5. The van der Waals surface area contributed by atoms with Crippen molar-refractivity contribution in [1.29, 1.82) is 0 Å². The number of nitrogens with zero attached hydrogens (tertiary/aromatic N) is 5. The standard InChI is InChI=1S/C48H53ClF3N7O2S2/c1-33(2)59(34(3)4)23-22-38(31-62-40-11-6-5-7-12-40)55-45-21-19-41(29-44(45)48(50,51)52)63(60,61)56-47-43-20-18-39(28-46(43)53-32-54-47)58-26-24-57(25-27-58)30-36-10-8-9-13-42(36)35-14-16-37(49)17-15-35/h5-21,28-29,32-34,38,55H,22-27,30-31H2,1-4H3,(H,53,54,56)/t38-/m1/s1. The first-order chi connectivity index (χ1) is 30.1. The predicted molar refractivity (Wildman–Crippen MR) is 252 cm³/mol. The Hall–Kier alpha value is -4.86. The molecule has 63 heavy (non-hydrogen) atoms. The molecule has 332 valence electrons. The van der Waals surface area contributed by atoms with Gasteiger partial charge in [-0.3, -0.25) is 14.5 Å². The molecule has 0 radical (unpaired) electrons. The van der Waals surface area contributed by atoms with Crippen LogP contribution in [-0.4, -0.2) is 84.8 Å². The van der Waals surface area contributed by atoms with Crippen molar-refractivity contribution < 1.29 is 21.6 Å². The molecule has 15 heteroatoms. The zero-order chi connectivity index (χ0) is 44.7. The number of thioether (sulfide) groups is 1. The fourth-order valence-electron chi connectivity index (χ4n) is 8.08. The molecule has 7 rings (SSSR count). The highest BCUT2D eigenvalue weighted by atomic mass is 35.5. The van der Waals surface area contributed by atoms with E-state index in [2.05, 4.69) is 80.6 Å². The van der Waals surface area contributed by atoms with Crippen LogP contribution in [0.25, 0.3) is 22.0 Å². The van der Waals surface area contributed by atoms with Crippen LogP contribution in [0, 0.1) is 0 Å². The average Bonchev–Trinajstić information content (AvgIpc) is 3.26. The number of nitrogens with one attached hydrogen (secondary N) is 2. The van der Waals surface area contributed by atoms with Gasteiger partial charge in [-0.25, -0.2) is 18.4 Å². The van der Waals surface area contributed by atoms with E-state index in [1.54, 1.807) is 17.8 Å². The van der Waals surface area contributed by atoms with E-state index in [-0.39, 0.29) is 29.6 Å². The molecular formula is C48H53ClF3N7O2S2. The van der Waals surface area contributed by atoms with Gasteiger partial charge in [-0.15, -0.1) is 11.8 Å². The minimum Gasteiger partial charge on any atom is -0.381 e. The summed E-state index contributed by atoms with van der Waals surface area (Å²) in [4.78, 5) is 16.1. The van der Waals surface area contributed by atoms with E-state index in [1.807, 2.05) is 72.8 Å². The van der Waals surface area contributed by atoms with Crippen molar-refractivity contribution >= 4 is 61.5 Å². The van der Waals surface area contributed by atoms with Crippen LogP contribution in [0.5, 0.6) is 0 Å². The van der Waals surface area contributed by atoms with Gasteiger partial charge in [-0.1, -0.05) is 66.2 Å². The Morgan fingerprint density at radius 1 is 0.825 bits per heavy atom. The molecule has 2 heterocycles. The summed E-state index contributed by atoms with van der Waals surface area (Å²) in [6.07, 6.45) is -3.01. The topological polar surface area (TPSA) is 93.7 Å². The van der Waals surface area contributed by atoms with E-state index >= 15 is 0 Å². The van der Waals surface area contributed by atoms with Crippen LogP contribution in [-0.2, 0) is 22.7 Å². The number of piperazine rings is 1. The minimum atomic E-state index is -4.84. The van der Waals surface area contributed by atoms with Gasteiger partial charge in [0.05, 0.1) is 16.0 Å². The molecule has 0 saturated carbocycles. The monoisotopic (exact) mass is 915 g/mol. The Bertz CT molecular complexity index is 2570. The fraction of sp³-hybridized carbons (Fsp3) is 0.333. The maximum Gasteiger partial charge on any atom is 0.418 e. The number of aromatic nitrogens is 2. The van der Waals surface area contributed by atoms with E-state index in [0.717, 1.165) is 48.9 Å². The molecule has 9 nitrogen and oxygen atoms in total. The van der Waals surface area contributed by atoms with E-state index in [4.69, 9.17) is 11.6 Å². The molecule has 1 saturated heterocycles. The molecule has 0 bridgehead atoms. The van der Waals surface area contributed by atoms with E-state index in [9.17, 15) is 21.6 Å². The quantitative estimate of drug-likeness (QED) is 0.0868. The van der Waals surface area contributed by atoms with Crippen molar-refractivity contribution in [1.82, 2.24) is 19.8 Å². The van der Waals surface area contributed by atoms with Gasteiger partial charge in [0.2, 0.25) is 0 Å². The fourth-order valence-corrected chi connectivity index (χ4v) is 10.3. The van der Waals surface area contributed by atoms with Gasteiger partial charge in [-0.2, -0.15) is 13.2 Å². The third kappa shape index (κ3) is 11.8. The molecule has 1 aromatic heterocycles. The summed E-state index contributed by atoms with van der Waals surface area (Å²) in [6.45, 7) is 13.1. The summed E-state index contributed by atoms with van der Waals surface area (Å²) in [7, 11) is -4.51. The Balaban J connectivity index is 1.05. The van der Waals surface area contributed by atoms with Gasteiger partial charge in [0.15, 0.2) is 5.82 Å². The lowest BCUT2D eigenvalue weighted by Crippen LogP contribution is -2.46. The molecular weight excluding hydrogens is 863 g/mol. The second-order valence-electron chi connectivity index (χ2n) is 16.3. The van der Waals surface area contributed by atoms with Crippen molar-refractivity contribution in [2.45, 2.75) is 74.8 Å². The highest BCUT2D eigenvalue weighted by Gasteiger charge is 2.36. The number of rotatable bonds is 17. The van der Waals surface area contributed by atoms with Crippen LogP contribution in [0.15, 0.2) is 131 Å². The molecule has 1 aliphatic heterocycles. The van der Waals surface area contributed by atoms with Crippen LogP contribution >= 0.6 is 23.4 Å². The molecule has 0 unspecified atom stereocenters. The van der Waals surface area contributed by atoms with Crippen molar-refractivity contribution in [3.05, 3.63) is 138 Å². The van der Waals surface area contributed by atoms with Gasteiger partial charge in [0.25, 0.3) is 10.0 Å². The first-order valence-electron chi connectivity index (χ1n) is 21.1. The largest absolute Gasteiger partial charge is 0.418 e. The average molecular weight is 917 g/mol. The van der Waals surface area contributed by atoms with Crippen LogP contribution in [0.4, 0.5) is 30.4 Å². The molecule has 5 aromatic carbocycles. The van der Waals surface area contributed by atoms with Crippen molar-refractivity contribution in [3.8, 4) is 11.1 Å². The van der Waals surface area contributed by atoms with Crippen molar-refractivity contribution in [3.63, 3.8) is 0 Å². The Morgan fingerprint density at radius 3 is 2.22 bits per heavy atom. The van der Waals surface area contributed by atoms with Crippen LogP contribution < -0.4 is 14.9 Å². The van der Waals surface area contributed by atoms with Crippen LogP contribution in [0.2, 0.25) is 5.02 Å². The molecule has 0 aliphatic carbocycles. The lowest BCUT2D eigenvalue weighted by Gasteiger charge is -2.36. The van der Waals surface area contributed by atoms with Crippen molar-refractivity contribution in [2.75, 3.05) is 53.4 Å². The number of hydrogen-bond acceptors (Lipinski definition) is 9. The number of halogens is 4. The van der Waals surface area contributed by atoms with Crippen molar-refractivity contribution in [2.24, 2.45) is 0 Å². The first kappa shape index (κ1) is 46.1. The SMILES string of the molecule is CC(C)N(CC[C@H](CSc1ccccc1)Nc1ccc(S(=O)(=O)Nc2ncnc3cc(N4CCN(Cc5ccccc5-c5ccc(Cl)cc5)CC4)ccc23)cc1C(F)(F)F)C(C)C. The van der Waals surface area contributed by atoms with Gasteiger partial charge < -0.3 is 10.2 Å². The molecule has 0 spiro atoms. The lowest BCUT2D eigenvalue weighted by atomic mass is 9.99. The van der Waals surface area contributed by atoms with E-state index < -0.39 is 26.7 Å². The molecule has 0 amide bonds. The maximum atomic E-state index is 14.8. The summed E-state index contributed by atoms with van der Waals surface area (Å²) in [6, 6.07) is 34.8. The smallest absolute Gasteiger partial charge is 0.381 e. The number of anilines is 3. The number of alkyl halides is 3. The molecule has 1 fully saturated rings. The lowest BCUT2D eigenvalue weighted by molar-refractivity contribution is -0.137. The van der Waals surface area contributed by atoms with Gasteiger partial charge >= 0.3 is 6.18 Å². The van der Waals surface area contributed by atoms with Gasteiger partial charge in [0.1, 0.15) is 6.33 Å². The van der Waals surface area contributed by atoms with E-state index in [1.165, 1.54) is 29.6 Å². The Kier molecular flexibility index (Phi) is 14.9. The summed E-state index contributed by atoms with van der Waals surface area (Å²) in [5.74, 6) is 0.483. The predicted octanol–water partition coefficient (Wildman–Crippen LogP) is 11.2. The van der Waals surface area contributed by atoms with Crippen LogP contribution in [0.1, 0.15) is 45.2 Å². The number of sulfonamides is 1. The number of hydrogen-bond donors (Lipinski definition) is 2. The second-order valence-corrected chi connectivity index (χ2v) is 19.6. The maximum absolute atomic E-state index is 14.8. The highest BCUT2D eigenvalue weighted by Crippen LogP contribution is 2.38. The Morgan fingerprint density at radius 2 is 1.52 bits per heavy atom. The minimum absolute atomic E-state index is 0.0238. The molecule has 6 aromatic rings. The zero-order valence-electron chi connectivity index (χ0n) is 35.8. The van der Waals surface area contributed by atoms with E-state index in [0.29, 0.717) is 40.7 Å². The summed E-state index contributed by atoms with van der Waals surface area (Å²) in [5.41, 5.74) is 3.72. The normalized spacial score (nSPS) is 14.5. The molecule has 2 N–H and O–H groups in total. The highest BCUT2D eigenvalue weighted by molar-refractivity contribution is 7.99. The number of benzene rings is 5. The first-order valence-corrected chi connectivity index (χ1v) is 24.0.